The highest BCUT2D eigenvalue weighted by Gasteiger charge is 2.42. The number of nitrogens with zero attached hydrogens (tertiary/aromatic N) is 2. The van der Waals surface area contributed by atoms with Crippen LogP contribution in [-0.2, 0) is 0 Å². The van der Waals surface area contributed by atoms with Crippen molar-refractivity contribution in [2.45, 2.75) is 12.2 Å². The minimum atomic E-state index is -4.34. The molecule has 1 fully saturated rings. The van der Waals surface area contributed by atoms with Crippen molar-refractivity contribution < 1.29 is 22.8 Å². The molecule has 1 aromatic carbocycles. The number of piperazine rings is 1. The van der Waals surface area contributed by atoms with Gasteiger partial charge in [-0.3, -0.25) is 10.1 Å². The van der Waals surface area contributed by atoms with E-state index in [-0.39, 0.29) is 24.5 Å². The Hall–Kier alpha value is -2.03. The Morgan fingerprint density at radius 1 is 1.48 bits per heavy atom. The molecule has 1 unspecified atom stereocenters. The molecule has 21 heavy (non-hydrogen) atoms. The molecule has 2 rings (SSSR count). The van der Waals surface area contributed by atoms with Crippen LogP contribution in [0.25, 0.3) is 0 Å². The van der Waals surface area contributed by atoms with Crippen LogP contribution in [0.2, 0.25) is 0 Å². The topological polar surface area (TPSA) is 67.6 Å². The normalized spacial score (nSPS) is 19.4. The number of nitro benzene ring substituents is 1. The smallest absolute Gasteiger partial charge is 0.405 e. The van der Waals surface area contributed by atoms with Crippen LogP contribution in [0.3, 0.4) is 0 Å². The van der Waals surface area contributed by atoms with Crippen molar-refractivity contribution in [3.05, 3.63) is 28.3 Å². The van der Waals surface area contributed by atoms with Crippen molar-refractivity contribution in [1.82, 2.24) is 5.32 Å². The van der Waals surface area contributed by atoms with Crippen LogP contribution < -0.4 is 15.0 Å². The van der Waals surface area contributed by atoms with E-state index in [2.05, 4.69) is 5.32 Å². The number of hydrogen-bond acceptors (Lipinski definition) is 5. The third-order valence-electron chi connectivity index (χ3n) is 3.29. The van der Waals surface area contributed by atoms with Crippen LogP contribution in [0.1, 0.15) is 0 Å². The molecule has 1 heterocycles. The molecule has 1 aromatic rings. The molecule has 0 bridgehead atoms. The summed E-state index contributed by atoms with van der Waals surface area (Å²) in [6, 6.07) is 2.24. The molecule has 1 saturated heterocycles. The lowest BCUT2D eigenvalue weighted by Crippen LogP contribution is -2.57. The zero-order valence-corrected chi connectivity index (χ0v) is 11.2. The van der Waals surface area contributed by atoms with Crippen LogP contribution in [0.15, 0.2) is 18.2 Å². The molecule has 0 saturated carbocycles. The van der Waals surface area contributed by atoms with Crippen molar-refractivity contribution in [2.24, 2.45) is 0 Å². The van der Waals surface area contributed by atoms with Gasteiger partial charge in [0.1, 0.15) is 11.8 Å². The highest BCUT2D eigenvalue weighted by molar-refractivity contribution is 5.62. The molecule has 0 spiro atoms. The van der Waals surface area contributed by atoms with E-state index in [9.17, 15) is 23.3 Å². The first kappa shape index (κ1) is 15.4. The van der Waals surface area contributed by atoms with Crippen molar-refractivity contribution in [2.75, 3.05) is 31.6 Å². The van der Waals surface area contributed by atoms with Crippen LogP contribution in [0, 0.1) is 10.1 Å². The average Bonchev–Trinajstić information content (AvgIpc) is 2.45. The zero-order chi connectivity index (χ0) is 15.6. The molecule has 1 atom stereocenters. The Morgan fingerprint density at radius 3 is 2.76 bits per heavy atom. The van der Waals surface area contributed by atoms with E-state index in [0.29, 0.717) is 12.2 Å². The first-order chi connectivity index (χ1) is 9.82. The molecule has 6 nitrogen and oxygen atoms in total. The van der Waals surface area contributed by atoms with E-state index in [4.69, 9.17) is 4.74 Å². The van der Waals surface area contributed by atoms with Gasteiger partial charge >= 0.3 is 6.18 Å². The minimum Gasteiger partial charge on any atom is -0.494 e. The number of rotatable bonds is 3. The van der Waals surface area contributed by atoms with Crippen LogP contribution in [0.5, 0.6) is 5.75 Å². The molecule has 1 aliphatic rings. The first-order valence-electron chi connectivity index (χ1n) is 6.20. The maximum Gasteiger partial charge on any atom is 0.405 e. The fourth-order valence-corrected chi connectivity index (χ4v) is 2.23. The molecule has 0 aliphatic carbocycles. The second-order valence-electron chi connectivity index (χ2n) is 4.61. The molecule has 9 heteroatoms. The van der Waals surface area contributed by atoms with Gasteiger partial charge in [-0.25, -0.2) is 0 Å². The van der Waals surface area contributed by atoms with Crippen LogP contribution in [0.4, 0.5) is 24.5 Å². The number of non-ortho nitro benzene ring substituents is 1. The Kier molecular flexibility index (Phi) is 4.21. The fourth-order valence-electron chi connectivity index (χ4n) is 2.23. The van der Waals surface area contributed by atoms with Gasteiger partial charge in [0.2, 0.25) is 0 Å². The summed E-state index contributed by atoms with van der Waals surface area (Å²) in [6.07, 6.45) is -4.34. The van der Waals surface area contributed by atoms with E-state index >= 15 is 0 Å². The lowest BCUT2D eigenvalue weighted by atomic mass is 10.1. The molecule has 1 N–H and O–H groups in total. The molecule has 1 aliphatic heterocycles. The largest absolute Gasteiger partial charge is 0.494 e. The zero-order valence-electron chi connectivity index (χ0n) is 11.2. The number of ether oxygens (including phenoxy) is 1. The first-order valence-corrected chi connectivity index (χ1v) is 6.20. The number of nitro groups is 1. The predicted octanol–water partition coefficient (Wildman–Crippen LogP) is 1.94. The van der Waals surface area contributed by atoms with E-state index in [1.807, 2.05) is 0 Å². The quantitative estimate of drug-likeness (QED) is 0.683. The lowest BCUT2D eigenvalue weighted by molar-refractivity contribution is -0.384. The Bertz CT molecular complexity index is 536. The van der Waals surface area contributed by atoms with Gasteiger partial charge in [0.25, 0.3) is 5.69 Å². The van der Waals surface area contributed by atoms with Crippen LogP contribution in [-0.4, -0.2) is 43.9 Å². The highest BCUT2D eigenvalue weighted by atomic mass is 19.4. The molecule has 0 radical (unpaired) electrons. The van der Waals surface area contributed by atoms with Gasteiger partial charge in [0.05, 0.1) is 23.8 Å². The summed E-state index contributed by atoms with van der Waals surface area (Å²) in [7, 11) is 1.33. The summed E-state index contributed by atoms with van der Waals surface area (Å²) in [5.41, 5.74) is 0.247. The maximum absolute atomic E-state index is 12.8. The second-order valence-corrected chi connectivity index (χ2v) is 4.61. The number of hydrogen-bond donors (Lipinski definition) is 1. The number of benzene rings is 1. The minimum absolute atomic E-state index is 0.168. The summed E-state index contributed by atoms with van der Waals surface area (Å²) in [6.45, 7) is 0.267. The van der Waals surface area contributed by atoms with Crippen molar-refractivity contribution >= 4 is 11.4 Å². The third kappa shape index (κ3) is 3.35. The Morgan fingerprint density at radius 2 is 2.19 bits per heavy atom. The molecular formula is C12H14F3N3O3. The number of methoxy groups -OCH3 is 1. The fraction of sp³-hybridized carbons (Fsp3) is 0.500. The number of alkyl halides is 3. The highest BCUT2D eigenvalue weighted by Crippen LogP contribution is 2.34. The maximum atomic E-state index is 12.8. The third-order valence-corrected chi connectivity index (χ3v) is 3.29. The summed E-state index contributed by atoms with van der Waals surface area (Å²) in [4.78, 5) is 11.6. The second kappa shape index (κ2) is 5.76. The molecule has 0 amide bonds. The molecule has 116 valence electrons. The van der Waals surface area contributed by atoms with Crippen molar-refractivity contribution in [3.8, 4) is 5.75 Å². The molecule has 0 aromatic heterocycles. The standard InChI is InChI=1S/C12H14F3N3O3/c1-21-10-6-8(18(19)20)2-3-9(10)17-5-4-16-11(7-17)12(13,14)15/h2-3,6,11,16H,4-5,7H2,1H3. The summed E-state index contributed by atoms with van der Waals surface area (Å²) >= 11 is 0. The van der Waals surface area contributed by atoms with Crippen molar-refractivity contribution in [1.29, 1.82) is 0 Å². The Balaban J connectivity index is 2.26. The van der Waals surface area contributed by atoms with Crippen molar-refractivity contribution in [3.63, 3.8) is 0 Å². The SMILES string of the molecule is COc1cc([N+](=O)[O-])ccc1N1CCNC(C(F)(F)F)C1. The lowest BCUT2D eigenvalue weighted by Gasteiger charge is -2.36. The average molecular weight is 305 g/mol. The molecular weight excluding hydrogens is 291 g/mol. The number of halogens is 3. The summed E-state index contributed by atoms with van der Waals surface area (Å²) in [5.74, 6) is 0.187. The Labute approximate surface area is 118 Å². The van der Waals surface area contributed by atoms with Gasteiger partial charge in [-0.2, -0.15) is 13.2 Å². The van der Waals surface area contributed by atoms with Gasteiger partial charge < -0.3 is 15.0 Å². The van der Waals surface area contributed by atoms with Crippen LogP contribution >= 0.6 is 0 Å². The van der Waals surface area contributed by atoms with E-state index in [1.54, 1.807) is 0 Å². The van der Waals surface area contributed by atoms with Gasteiger partial charge in [-0.15, -0.1) is 0 Å². The van der Waals surface area contributed by atoms with E-state index in [1.165, 1.54) is 30.2 Å². The summed E-state index contributed by atoms with van der Waals surface area (Å²) < 4.78 is 43.4. The monoisotopic (exact) mass is 305 g/mol. The number of anilines is 1. The van der Waals surface area contributed by atoms with Gasteiger partial charge in [-0.1, -0.05) is 0 Å². The van der Waals surface area contributed by atoms with Gasteiger partial charge in [0.15, 0.2) is 0 Å². The van der Waals surface area contributed by atoms with Gasteiger partial charge in [0, 0.05) is 25.7 Å². The van der Waals surface area contributed by atoms with Gasteiger partial charge in [-0.05, 0) is 6.07 Å². The number of nitrogens with one attached hydrogen (secondary N) is 1. The predicted molar refractivity (Wildman–Crippen MR) is 69.7 cm³/mol. The van der Waals surface area contributed by atoms with E-state index < -0.39 is 17.1 Å². The summed E-state index contributed by atoms with van der Waals surface area (Å²) in [5, 5.41) is 13.1. The van der Waals surface area contributed by atoms with E-state index in [0.717, 1.165) is 0 Å².